The van der Waals surface area contributed by atoms with Gasteiger partial charge in [-0.2, -0.15) is 13.2 Å². The Balaban J connectivity index is 1.54. The van der Waals surface area contributed by atoms with Crippen LogP contribution < -0.4 is 10.6 Å². The normalized spacial score (nSPS) is 17.8. The average Bonchev–Trinajstić information content (AvgIpc) is 3.20. The van der Waals surface area contributed by atoms with Crippen molar-refractivity contribution in [3.63, 3.8) is 0 Å². The number of hydrogen-bond acceptors (Lipinski definition) is 5. The van der Waals surface area contributed by atoms with E-state index in [0.717, 1.165) is 11.6 Å². The van der Waals surface area contributed by atoms with Crippen LogP contribution in [0.2, 0.25) is 5.02 Å². The first-order valence-electron chi connectivity index (χ1n) is 9.32. The van der Waals surface area contributed by atoms with Gasteiger partial charge in [-0.05, 0) is 18.2 Å². The summed E-state index contributed by atoms with van der Waals surface area (Å²) in [5.41, 5.74) is -2.66. The Labute approximate surface area is 184 Å². The van der Waals surface area contributed by atoms with E-state index in [-0.39, 0.29) is 22.8 Å². The van der Waals surface area contributed by atoms with Crippen molar-refractivity contribution in [2.75, 3.05) is 11.9 Å². The number of aromatic nitrogens is 1. The molecule has 0 spiro atoms. The fourth-order valence-corrected chi connectivity index (χ4v) is 3.51. The fourth-order valence-electron chi connectivity index (χ4n) is 3.33. The molecular formula is C21H15ClF3N3O4. The molecule has 1 aliphatic heterocycles. The Morgan fingerprint density at radius 2 is 1.91 bits per heavy atom. The number of nitrogens with one attached hydrogen (secondary N) is 2. The topological polar surface area (TPSA) is 93.5 Å². The largest absolute Gasteiger partial charge is 0.434 e. The predicted octanol–water partition coefficient (Wildman–Crippen LogP) is 4.67. The van der Waals surface area contributed by atoms with Crippen molar-refractivity contribution >= 4 is 29.3 Å². The smallest absolute Gasteiger partial charge is 0.426 e. The third-order valence-electron chi connectivity index (χ3n) is 4.87. The number of carbonyl (C=O) groups is 2. The van der Waals surface area contributed by atoms with E-state index in [1.54, 1.807) is 24.3 Å². The number of anilines is 1. The van der Waals surface area contributed by atoms with Gasteiger partial charge in [-0.3, -0.25) is 10.1 Å². The summed E-state index contributed by atoms with van der Waals surface area (Å²) in [5.74, 6) is -0.351. The van der Waals surface area contributed by atoms with Crippen molar-refractivity contribution < 1.29 is 32.0 Å². The molecule has 1 aliphatic rings. The molecule has 2 N–H and O–H groups in total. The fraction of sp³-hybridized carbons (Fsp3) is 0.190. The molecule has 3 aromatic rings. The molecule has 0 aliphatic carbocycles. The van der Waals surface area contributed by atoms with Gasteiger partial charge in [0.05, 0.1) is 24.3 Å². The first kappa shape index (κ1) is 21.7. The number of halogens is 4. The van der Waals surface area contributed by atoms with Crippen molar-refractivity contribution in [3.8, 4) is 11.3 Å². The Hall–Kier alpha value is -3.53. The highest BCUT2D eigenvalue weighted by Gasteiger charge is 2.62. The Bertz CT molecular complexity index is 1170. The number of hydrogen-bond donors (Lipinski definition) is 2. The summed E-state index contributed by atoms with van der Waals surface area (Å²) in [6.07, 6.45) is -6.67. The minimum Gasteiger partial charge on any atom is -0.426 e. The molecule has 4 rings (SSSR count). The molecule has 2 heterocycles. The number of amides is 2. The van der Waals surface area contributed by atoms with E-state index in [4.69, 9.17) is 20.9 Å². The number of fused-ring (bicyclic) bond motifs is 1. The van der Waals surface area contributed by atoms with E-state index in [0.29, 0.717) is 5.76 Å². The number of carbonyl (C=O) groups excluding carboxylic acids is 2. The van der Waals surface area contributed by atoms with Gasteiger partial charge in [0.2, 0.25) is 5.91 Å². The highest BCUT2D eigenvalue weighted by molar-refractivity contribution is 6.30. The molecule has 1 atom stereocenters. The van der Waals surface area contributed by atoms with Crippen LogP contribution in [0.4, 0.5) is 23.7 Å². The molecular weight excluding hydrogens is 451 g/mol. The number of ether oxygens (including phenoxy) is 1. The molecule has 1 aromatic heterocycles. The van der Waals surface area contributed by atoms with Gasteiger partial charge in [-0.25, -0.2) is 4.79 Å². The van der Waals surface area contributed by atoms with Crippen LogP contribution in [0.15, 0.2) is 59.1 Å². The number of benzene rings is 2. The van der Waals surface area contributed by atoms with Crippen LogP contribution in [0.5, 0.6) is 0 Å². The lowest BCUT2D eigenvalue weighted by Crippen LogP contribution is -2.56. The Morgan fingerprint density at radius 1 is 1.16 bits per heavy atom. The van der Waals surface area contributed by atoms with Crippen molar-refractivity contribution in [2.24, 2.45) is 0 Å². The lowest BCUT2D eigenvalue weighted by molar-refractivity contribution is -0.262. The van der Waals surface area contributed by atoms with Crippen LogP contribution in [0.3, 0.4) is 0 Å². The second kappa shape index (κ2) is 8.19. The minimum atomic E-state index is -5.04. The molecule has 1 unspecified atom stereocenters. The predicted molar refractivity (Wildman–Crippen MR) is 108 cm³/mol. The second-order valence-corrected chi connectivity index (χ2v) is 7.47. The maximum Gasteiger partial charge on any atom is 0.434 e. The first-order chi connectivity index (χ1) is 15.2. The van der Waals surface area contributed by atoms with Crippen molar-refractivity contribution in [1.29, 1.82) is 0 Å². The van der Waals surface area contributed by atoms with Gasteiger partial charge in [0.15, 0.2) is 5.76 Å². The molecule has 0 fully saturated rings. The van der Waals surface area contributed by atoms with Crippen molar-refractivity contribution in [3.05, 3.63) is 70.9 Å². The lowest BCUT2D eigenvalue weighted by Gasteiger charge is -2.39. The zero-order valence-electron chi connectivity index (χ0n) is 16.2. The van der Waals surface area contributed by atoms with Crippen molar-refractivity contribution in [2.45, 2.75) is 18.2 Å². The maximum atomic E-state index is 14.1. The zero-order valence-corrected chi connectivity index (χ0v) is 17.0. The van der Waals surface area contributed by atoms with Crippen LogP contribution in [-0.4, -0.2) is 29.9 Å². The summed E-state index contributed by atoms with van der Waals surface area (Å²) < 4.78 is 52.3. The molecule has 7 nitrogen and oxygen atoms in total. The summed E-state index contributed by atoms with van der Waals surface area (Å²) in [4.78, 5) is 24.2. The molecule has 2 aromatic carbocycles. The van der Waals surface area contributed by atoms with Gasteiger partial charge in [0.1, 0.15) is 0 Å². The molecule has 0 saturated carbocycles. The van der Waals surface area contributed by atoms with Crippen LogP contribution in [0.25, 0.3) is 11.3 Å². The van der Waals surface area contributed by atoms with Gasteiger partial charge in [0.25, 0.3) is 5.60 Å². The average molecular weight is 466 g/mol. The molecule has 32 heavy (non-hydrogen) atoms. The first-order valence-corrected chi connectivity index (χ1v) is 9.70. The summed E-state index contributed by atoms with van der Waals surface area (Å²) in [6.45, 7) is -1.04. The number of rotatable bonds is 5. The van der Waals surface area contributed by atoms with E-state index < -0.39 is 35.9 Å². The summed E-state index contributed by atoms with van der Waals surface area (Å²) in [6, 6.07) is 14.1. The van der Waals surface area contributed by atoms with E-state index >= 15 is 0 Å². The van der Waals surface area contributed by atoms with E-state index in [1.807, 2.05) is 6.07 Å². The number of alkyl halides is 3. The van der Waals surface area contributed by atoms with Gasteiger partial charge in [-0.15, -0.1) is 0 Å². The Kier molecular flexibility index (Phi) is 5.55. The third kappa shape index (κ3) is 4.13. The monoisotopic (exact) mass is 465 g/mol. The Morgan fingerprint density at radius 3 is 2.62 bits per heavy atom. The van der Waals surface area contributed by atoms with Crippen LogP contribution >= 0.6 is 11.6 Å². The standard InChI is InChI=1S/C21H15ClF3N3O4/c22-13-6-7-16-15(8-13)20(21(23,24)25,31-19(30)27-16)11-26-18(29)10-14-9-17(32-28-14)12-4-2-1-3-5-12/h1-9H,10-11H2,(H,26,29)(H,27,30). The number of nitrogens with zero attached hydrogens (tertiary/aromatic N) is 1. The zero-order chi connectivity index (χ0) is 22.9. The summed E-state index contributed by atoms with van der Waals surface area (Å²) in [5, 5.41) is 8.19. The lowest BCUT2D eigenvalue weighted by atomic mass is 9.89. The van der Waals surface area contributed by atoms with E-state index in [2.05, 4.69) is 15.8 Å². The van der Waals surface area contributed by atoms with Crippen LogP contribution in [0.1, 0.15) is 11.3 Å². The molecule has 11 heteroatoms. The molecule has 0 saturated heterocycles. The van der Waals surface area contributed by atoms with E-state index in [9.17, 15) is 22.8 Å². The number of cyclic esters (lactones) is 1. The minimum absolute atomic E-state index is 0.0134. The molecule has 0 bridgehead atoms. The second-order valence-electron chi connectivity index (χ2n) is 7.03. The summed E-state index contributed by atoms with van der Waals surface area (Å²) in [7, 11) is 0. The van der Waals surface area contributed by atoms with Crippen molar-refractivity contribution in [1.82, 2.24) is 10.5 Å². The molecule has 0 radical (unpaired) electrons. The highest BCUT2D eigenvalue weighted by atomic mass is 35.5. The molecule has 166 valence electrons. The van der Waals surface area contributed by atoms with Crippen LogP contribution in [-0.2, 0) is 21.6 Å². The highest BCUT2D eigenvalue weighted by Crippen LogP contribution is 2.47. The summed E-state index contributed by atoms with van der Waals surface area (Å²) >= 11 is 5.87. The molecule has 2 amide bonds. The third-order valence-corrected chi connectivity index (χ3v) is 5.11. The van der Waals surface area contributed by atoms with E-state index in [1.165, 1.54) is 18.2 Å². The van der Waals surface area contributed by atoms with Gasteiger partial charge in [0, 0.05) is 22.2 Å². The van der Waals surface area contributed by atoms with Gasteiger partial charge >= 0.3 is 12.3 Å². The van der Waals surface area contributed by atoms with Gasteiger partial charge < -0.3 is 14.6 Å². The SMILES string of the molecule is O=C(Cc1cc(-c2ccccc2)on1)NCC1(C(F)(F)F)OC(=O)Nc2ccc(Cl)cc21. The van der Waals surface area contributed by atoms with Crippen LogP contribution in [0, 0.1) is 0 Å². The maximum absolute atomic E-state index is 14.1. The van der Waals surface area contributed by atoms with Gasteiger partial charge in [-0.1, -0.05) is 47.1 Å². The quantitative estimate of drug-likeness (QED) is 0.571.